The first-order chi connectivity index (χ1) is 5.75. The number of nitrogens with two attached hydrogens (primary N) is 1. The highest BCUT2D eigenvalue weighted by atomic mass is 32.1. The van der Waals surface area contributed by atoms with Crippen LogP contribution in [0.5, 0.6) is 0 Å². The molecule has 12 heavy (non-hydrogen) atoms. The first kappa shape index (κ1) is 7.70. The summed E-state index contributed by atoms with van der Waals surface area (Å²) in [6.45, 7) is 1.98. The quantitative estimate of drug-likeness (QED) is 0.762. The van der Waals surface area contributed by atoms with Crippen LogP contribution >= 0.6 is 22.7 Å². The molecule has 2 aromatic heterocycles. The molecular weight excluding hydrogens is 190 g/mol. The van der Waals surface area contributed by atoms with Crippen LogP contribution in [0.15, 0.2) is 11.6 Å². The lowest BCUT2D eigenvalue weighted by Gasteiger charge is -1.84. The average molecular weight is 197 g/mol. The van der Waals surface area contributed by atoms with Gasteiger partial charge in [-0.25, -0.2) is 9.97 Å². The number of hydrogen-bond donors (Lipinski definition) is 1. The summed E-state index contributed by atoms with van der Waals surface area (Å²) < 4.78 is 0. The van der Waals surface area contributed by atoms with Gasteiger partial charge in [-0.2, -0.15) is 0 Å². The Morgan fingerprint density at radius 1 is 1.50 bits per heavy atom. The molecule has 62 valence electrons. The van der Waals surface area contributed by atoms with Gasteiger partial charge in [-0.15, -0.1) is 22.7 Å². The van der Waals surface area contributed by atoms with E-state index in [0.717, 1.165) is 15.6 Å². The molecule has 0 aliphatic heterocycles. The number of anilines is 1. The second-order valence-electron chi connectivity index (χ2n) is 2.31. The van der Waals surface area contributed by atoms with E-state index in [2.05, 4.69) is 9.97 Å². The lowest BCUT2D eigenvalue weighted by atomic mass is 10.4. The molecule has 0 aliphatic rings. The van der Waals surface area contributed by atoms with Crippen molar-refractivity contribution in [1.29, 1.82) is 0 Å². The molecule has 0 bridgehead atoms. The zero-order chi connectivity index (χ0) is 8.55. The topological polar surface area (TPSA) is 51.8 Å². The molecule has 2 rings (SSSR count). The first-order valence-corrected chi connectivity index (χ1v) is 5.09. The van der Waals surface area contributed by atoms with E-state index >= 15 is 0 Å². The summed E-state index contributed by atoms with van der Waals surface area (Å²) in [5.41, 5.74) is 6.45. The van der Waals surface area contributed by atoms with Crippen molar-refractivity contribution in [2.24, 2.45) is 0 Å². The van der Waals surface area contributed by atoms with E-state index in [9.17, 15) is 0 Å². The van der Waals surface area contributed by atoms with Crippen molar-refractivity contribution in [3.63, 3.8) is 0 Å². The lowest BCUT2D eigenvalue weighted by Crippen LogP contribution is -1.80. The van der Waals surface area contributed by atoms with Crippen LogP contribution in [-0.4, -0.2) is 9.97 Å². The zero-order valence-electron chi connectivity index (χ0n) is 6.44. The number of nitrogen functional groups attached to an aromatic ring is 1. The molecule has 0 unspecified atom stereocenters. The minimum atomic E-state index is 0.607. The molecule has 0 radical (unpaired) electrons. The third-order valence-electron chi connectivity index (χ3n) is 1.40. The molecule has 0 spiro atoms. The van der Waals surface area contributed by atoms with E-state index in [4.69, 9.17) is 5.73 Å². The normalized spacial score (nSPS) is 10.4. The maximum Gasteiger partial charge on any atom is 0.180 e. The highest BCUT2D eigenvalue weighted by Gasteiger charge is 2.04. The molecule has 2 N–H and O–H groups in total. The summed E-state index contributed by atoms with van der Waals surface area (Å²) >= 11 is 3.09. The summed E-state index contributed by atoms with van der Waals surface area (Å²) in [4.78, 5) is 9.39. The molecular formula is C7H7N3S2. The number of aryl methyl sites for hydroxylation is 1. The van der Waals surface area contributed by atoms with Gasteiger partial charge in [0.2, 0.25) is 0 Å². The van der Waals surface area contributed by atoms with Gasteiger partial charge in [0.25, 0.3) is 0 Å². The summed E-state index contributed by atoms with van der Waals surface area (Å²) in [5, 5.41) is 3.61. The van der Waals surface area contributed by atoms with Crippen LogP contribution in [-0.2, 0) is 0 Å². The second kappa shape index (κ2) is 2.84. The van der Waals surface area contributed by atoms with Crippen molar-refractivity contribution in [2.75, 3.05) is 5.73 Å². The molecule has 0 saturated carbocycles. The number of nitrogens with zero attached hydrogens (tertiary/aromatic N) is 2. The Labute approximate surface area is 77.9 Å². The van der Waals surface area contributed by atoms with Crippen LogP contribution in [0, 0.1) is 6.92 Å². The van der Waals surface area contributed by atoms with E-state index in [1.807, 2.05) is 18.5 Å². The van der Waals surface area contributed by atoms with Gasteiger partial charge < -0.3 is 5.73 Å². The van der Waals surface area contributed by atoms with Gasteiger partial charge in [0.1, 0.15) is 0 Å². The molecule has 0 atom stereocenters. The highest BCUT2D eigenvalue weighted by Crippen LogP contribution is 2.27. The third-order valence-corrected chi connectivity index (χ3v) is 3.00. The van der Waals surface area contributed by atoms with E-state index < -0.39 is 0 Å². The summed E-state index contributed by atoms with van der Waals surface area (Å²) in [6.07, 6.45) is 1.83. The van der Waals surface area contributed by atoms with Crippen molar-refractivity contribution in [2.45, 2.75) is 6.92 Å². The van der Waals surface area contributed by atoms with E-state index in [1.54, 1.807) is 11.3 Å². The van der Waals surface area contributed by atoms with Crippen LogP contribution in [0.1, 0.15) is 5.01 Å². The molecule has 0 aliphatic carbocycles. The standard InChI is InChI=1S/C7H7N3S2/c1-4-9-2-6(12-4)5-3-11-7(8)10-5/h2-3H,1H3,(H2,8,10). The molecule has 5 heteroatoms. The first-order valence-electron chi connectivity index (χ1n) is 3.39. The Morgan fingerprint density at radius 2 is 2.33 bits per heavy atom. The fourth-order valence-electron chi connectivity index (χ4n) is 0.881. The van der Waals surface area contributed by atoms with E-state index in [1.165, 1.54) is 11.3 Å². The van der Waals surface area contributed by atoms with Gasteiger partial charge in [-0.3, -0.25) is 0 Å². The van der Waals surface area contributed by atoms with Crippen LogP contribution in [0.25, 0.3) is 10.6 Å². The van der Waals surface area contributed by atoms with Crippen LogP contribution in [0.4, 0.5) is 5.13 Å². The molecule has 0 fully saturated rings. The monoisotopic (exact) mass is 197 g/mol. The molecule has 0 saturated heterocycles. The molecule has 2 heterocycles. The van der Waals surface area contributed by atoms with Crippen molar-refractivity contribution >= 4 is 27.8 Å². The fourth-order valence-corrected chi connectivity index (χ4v) is 2.26. The van der Waals surface area contributed by atoms with Crippen molar-refractivity contribution in [3.8, 4) is 10.6 Å². The van der Waals surface area contributed by atoms with E-state index in [0.29, 0.717) is 5.13 Å². The Balaban J connectivity index is 2.43. The Kier molecular flexibility index (Phi) is 1.82. The predicted octanol–water partition coefficient (Wildman–Crippen LogP) is 2.16. The summed E-state index contributed by atoms with van der Waals surface area (Å²) in [7, 11) is 0. The number of rotatable bonds is 1. The number of hydrogen-bond acceptors (Lipinski definition) is 5. The lowest BCUT2D eigenvalue weighted by molar-refractivity contribution is 1.29. The Bertz CT molecular complexity index is 353. The third kappa shape index (κ3) is 1.33. The summed E-state index contributed by atoms with van der Waals surface area (Å²) in [5.74, 6) is 0. The van der Waals surface area contributed by atoms with Gasteiger partial charge in [0.15, 0.2) is 5.13 Å². The zero-order valence-corrected chi connectivity index (χ0v) is 8.08. The fraction of sp³-hybridized carbons (Fsp3) is 0.143. The van der Waals surface area contributed by atoms with Gasteiger partial charge in [0.05, 0.1) is 15.6 Å². The molecule has 2 aromatic rings. The minimum Gasteiger partial charge on any atom is -0.375 e. The van der Waals surface area contributed by atoms with Gasteiger partial charge in [0, 0.05) is 11.6 Å². The van der Waals surface area contributed by atoms with Crippen molar-refractivity contribution in [1.82, 2.24) is 9.97 Å². The Hall–Kier alpha value is -0.940. The second-order valence-corrected chi connectivity index (χ2v) is 4.44. The maximum atomic E-state index is 5.51. The van der Waals surface area contributed by atoms with Crippen molar-refractivity contribution < 1.29 is 0 Å². The van der Waals surface area contributed by atoms with Crippen LogP contribution in [0.3, 0.4) is 0 Å². The van der Waals surface area contributed by atoms with E-state index in [-0.39, 0.29) is 0 Å². The van der Waals surface area contributed by atoms with Gasteiger partial charge >= 0.3 is 0 Å². The summed E-state index contributed by atoms with van der Waals surface area (Å²) in [6, 6.07) is 0. The molecule has 3 nitrogen and oxygen atoms in total. The minimum absolute atomic E-state index is 0.607. The molecule has 0 aromatic carbocycles. The Morgan fingerprint density at radius 3 is 2.83 bits per heavy atom. The van der Waals surface area contributed by atoms with Gasteiger partial charge in [-0.05, 0) is 6.92 Å². The number of aromatic nitrogens is 2. The number of thiazole rings is 2. The van der Waals surface area contributed by atoms with Crippen LogP contribution < -0.4 is 5.73 Å². The smallest absolute Gasteiger partial charge is 0.180 e. The predicted molar refractivity (Wildman–Crippen MR) is 52.4 cm³/mol. The highest BCUT2D eigenvalue weighted by molar-refractivity contribution is 7.16. The van der Waals surface area contributed by atoms with Crippen LogP contribution in [0.2, 0.25) is 0 Å². The average Bonchev–Trinajstić information content (AvgIpc) is 2.58. The molecule has 0 amide bonds. The maximum absolute atomic E-state index is 5.51. The van der Waals surface area contributed by atoms with Crippen molar-refractivity contribution in [3.05, 3.63) is 16.6 Å². The van der Waals surface area contributed by atoms with Gasteiger partial charge in [-0.1, -0.05) is 0 Å². The SMILES string of the molecule is Cc1ncc(-c2csc(N)n2)s1. The largest absolute Gasteiger partial charge is 0.375 e.